The van der Waals surface area contributed by atoms with Gasteiger partial charge < -0.3 is 20.7 Å². The van der Waals surface area contributed by atoms with Crippen LogP contribution in [0.15, 0.2) is 18.2 Å². The number of carboxylic acids is 2. The van der Waals surface area contributed by atoms with Crippen molar-refractivity contribution in [2.24, 2.45) is 5.73 Å². The SMILES string of the molecule is N[C@@H](CC(Oc1cccc2c1CCCC2)C(=O)O)C(=O)O. The maximum absolute atomic E-state index is 11.3. The molecule has 0 aromatic heterocycles. The zero-order valence-corrected chi connectivity index (χ0v) is 11.6. The van der Waals surface area contributed by atoms with Gasteiger partial charge in [0, 0.05) is 6.42 Å². The minimum Gasteiger partial charge on any atom is -0.480 e. The molecule has 4 N–H and O–H groups in total. The fourth-order valence-corrected chi connectivity index (χ4v) is 2.54. The first kappa shape index (κ1) is 15.3. The fraction of sp³-hybridized carbons (Fsp3) is 0.467. The number of hydrogen-bond acceptors (Lipinski definition) is 4. The van der Waals surface area contributed by atoms with Crippen LogP contribution in [0.2, 0.25) is 0 Å². The summed E-state index contributed by atoms with van der Waals surface area (Å²) in [5, 5.41) is 18.0. The van der Waals surface area contributed by atoms with Crippen molar-refractivity contribution in [3.63, 3.8) is 0 Å². The summed E-state index contributed by atoms with van der Waals surface area (Å²) in [5.41, 5.74) is 7.60. The first-order chi connectivity index (χ1) is 9.99. The molecular weight excluding hydrogens is 274 g/mol. The molecule has 0 bridgehead atoms. The third kappa shape index (κ3) is 3.72. The Morgan fingerprint density at radius 3 is 2.57 bits per heavy atom. The quantitative estimate of drug-likeness (QED) is 0.727. The summed E-state index contributed by atoms with van der Waals surface area (Å²) < 4.78 is 5.55. The lowest BCUT2D eigenvalue weighted by Crippen LogP contribution is -2.39. The highest BCUT2D eigenvalue weighted by molar-refractivity contribution is 5.77. The maximum atomic E-state index is 11.3. The van der Waals surface area contributed by atoms with Crippen LogP contribution in [0.25, 0.3) is 0 Å². The molecule has 0 saturated heterocycles. The van der Waals surface area contributed by atoms with Gasteiger partial charge in [0.15, 0.2) is 6.10 Å². The lowest BCUT2D eigenvalue weighted by Gasteiger charge is -2.23. The van der Waals surface area contributed by atoms with Crippen LogP contribution in [0.4, 0.5) is 0 Å². The Bertz CT molecular complexity index is 543. The topological polar surface area (TPSA) is 110 Å². The molecule has 0 heterocycles. The van der Waals surface area contributed by atoms with E-state index in [2.05, 4.69) is 0 Å². The molecule has 2 rings (SSSR count). The van der Waals surface area contributed by atoms with E-state index in [1.54, 1.807) is 6.07 Å². The van der Waals surface area contributed by atoms with Gasteiger partial charge in [-0.25, -0.2) is 4.79 Å². The molecule has 1 aliphatic carbocycles. The third-order valence-electron chi connectivity index (χ3n) is 3.68. The molecule has 2 atom stereocenters. The highest BCUT2D eigenvalue weighted by Gasteiger charge is 2.27. The number of benzene rings is 1. The lowest BCUT2D eigenvalue weighted by atomic mass is 9.91. The second kappa shape index (κ2) is 6.58. The second-order valence-electron chi connectivity index (χ2n) is 5.23. The van der Waals surface area contributed by atoms with Crippen LogP contribution in [0, 0.1) is 0 Å². The number of fused-ring (bicyclic) bond motifs is 1. The summed E-state index contributed by atoms with van der Waals surface area (Å²) in [6, 6.07) is 4.31. The van der Waals surface area contributed by atoms with Crippen molar-refractivity contribution in [3.8, 4) is 5.75 Å². The summed E-state index contributed by atoms with van der Waals surface area (Å²) in [7, 11) is 0. The average Bonchev–Trinajstić information content (AvgIpc) is 2.46. The molecule has 1 aliphatic rings. The number of carboxylic acid groups (broad SMARTS) is 2. The summed E-state index contributed by atoms with van der Waals surface area (Å²) >= 11 is 0. The Morgan fingerprint density at radius 1 is 1.19 bits per heavy atom. The Labute approximate surface area is 122 Å². The molecule has 0 amide bonds. The van der Waals surface area contributed by atoms with Gasteiger partial charge in [-0.15, -0.1) is 0 Å². The van der Waals surface area contributed by atoms with E-state index in [9.17, 15) is 14.7 Å². The van der Waals surface area contributed by atoms with Gasteiger partial charge in [0.1, 0.15) is 11.8 Å². The van der Waals surface area contributed by atoms with Crippen LogP contribution >= 0.6 is 0 Å². The predicted octanol–water partition coefficient (Wildman–Crippen LogP) is 1.20. The lowest BCUT2D eigenvalue weighted by molar-refractivity contribution is -0.147. The summed E-state index contributed by atoms with van der Waals surface area (Å²) in [5.74, 6) is -1.92. The number of hydrogen-bond donors (Lipinski definition) is 3. The van der Waals surface area contributed by atoms with E-state index >= 15 is 0 Å². The number of nitrogens with two attached hydrogens (primary N) is 1. The summed E-state index contributed by atoms with van der Waals surface area (Å²) in [6.07, 6.45) is 2.43. The molecule has 1 aromatic rings. The Balaban J connectivity index is 2.17. The van der Waals surface area contributed by atoms with Crippen LogP contribution in [-0.4, -0.2) is 34.3 Å². The van der Waals surface area contributed by atoms with Crippen molar-refractivity contribution in [1.29, 1.82) is 0 Å². The monoisotopic (exact) mass is 293 g/mol. The summed E-state index contributed by atoms with van der Waals surface area (Å²) in [6.45, 7) is 0. The van der Waals surface area contributed by atoms with Crippen LogP contribution in [0.3, 0.4) is 0 Å². The van der Waals surface area contributed by atoms with Gasteiger partial charge in [-0.1, -0.05) is 12.1 Å². The first-order valence-electron chi connectivity index (χ1n) is 6.97. The molecule has 1 aromatic carbocycles. The molecule has 6 heteroatoms. The highest BCUT2D eigenvalue weighted by Crippen LogP contribution is 2.30. The Kier molecular flexibility index (Phi) is 4.80. The zero-order valence-electron chi connectivity index (χ0n) is 11.6. The van der Waals surface area contributed by atoms with Gasteiger partial charge in [-0.05, 0) is 42.9 Å². The van der Waals surface area contributed by atoms with E-state index in [0.717, 1.165) is 31.2 Å². The first-order valence-corrected chi connectivity index (χ1v) is 6.97. The van der Waals surface area contributed by atoms with Gasteiger partial charge >= 0.3 is 11.9 Å². The molecule has 6 nitrogen and oxygen atoms in total. The molecule has 0 fully saturated rings. The number of carbonyl (C=O) groups is 2. The van der Waals surface area contributed by atoms with Crippen LogP contribution < -0.4 is 10.5 Å². The number of aryl methyl sites for hydroxylation is 1. The molecule has 1 unspecified atom stereocenters. The van der Waals surface area contributed by atoms with Crippen molar-refractivity contribution >= 4 is 11.9 Å². The highest BCUT2D eigenvalue weighted by atomic mass is 16.5. The maximum Gasteiger partial charge on any atom is 0.344 e. The normalized spacial score (nSPS) is 16.6. The van der Waals surface area contributed by atoms with Gasteiger partial charge in [-0.3, -0.25) is 4.79 Å². The Hall–Kier alpha value is -2.08. The molecule has 114 valence electrons. The van der Waals surface area contributed by atoms with Crippen LogP contribution in [-0.2, 0) is 22.4 Å². The van der Waals surface area contributed by atoms with Gasteiger partial charge in [0.05, 0.1) is 0 Å². The van der Waals surface area contributed by atoms with Crippen molar-refractivity contribution < 1.29 is 24.5 Å². The average molecular weight is 293 g/mol. The van der Waals surface area contributed by atoms with Crippen LogP contribution in [0.1, 0.15) is 30.4 Å². The molecule has 21 heavy (non-hydrogen) atoms. The number of rotatable bonds is 6. The van der Waals surface area contributed by atoms with Gasteiger partial charge in [0.2, 0.25) is 0 Å². The number of ether oxygens (including phenoxy) is 1. The van der Waals surface area contributed by atoms with E-state index in [1.807, 2.05) is 12.1 Å². The predicted molar refractivity (Wildman–Crippen MR) is 75.4 cm³/mol. The van der Waals surface area contributed by atoms with Gasteiger partial charge in [-0.2, -0.15) is 0 Å². The van der Waals surface area contributed by atoms with Gasteiger partial charge in [0.25, 0.3) is 0 Å². The third-order valence-corrected chi connectivity index (χ3v) is 3.68. The standard InChI is InChI=1S/C15H19NO5/c16-11(14(17)18)8-13(15(19)20)21-12-7-3-5-9-4-1-2-6-10(9)12/h3,5,7,11,13H,1-2,4,6,8,16H2,(H,17,18)(H,19,20)/t11-,13?/m0/s1. The van der Waals surface area contributed by atoms with Crippen molar-refractivity contribution in [3.05, 3.63) is 29.3 Å². The summed E-state index contributed by atoms with van der Waals surface area (Å²) in [4.78, 5) is 22.0. The molecule has 0 radical (unpaired) electrons. The van der Waals surface area contributed by atoms with E-state index in [0.29, 0.717) is 5.75 Å². The van der Waals surface area contributed by atoms with Crippen molar-refractivity contribution in [2.45, 2.75) is 44.2 Å². The zero-order chi connectivity index (χ0) is 15.4. The van der Waals surface area contributed by atoms with E-state index < -0.39 is 24.1 Å². The number of aliphatic carboxylic acids is 2. The van der Waals surface area contributed by atoms with E-state index in [1.165, 1.54) is 5.56 Å². The molecule has 0 aliphatic heterocycles. The van der Waals surface area contributed by atoms with E-state index in [4.69, 9.17) is 15.6 Å². The van der Waals surface area contributed by atoms with Crippen molar-refractivity contribution in [2.75, 3.05) is 0 Å². The largest absolute Gasteiger partial charge is 0.480 e. The minimum atomic E-state index is -1.26. The minimum absolute atomic E-state index is 0.270. The molecular formula is C15H19NO5. The Morgan fingerprint density at radius 2 is 1.90 bits per heavy atom. The van der Waals surface area contributed by atoms with Crippen LogP contribution in [0.5, 0.6) is 5.75 Å². The fourth-order valence-electron chi connectivity index (χ4n) is 2.54. The molecule has 0 saturated carbocycles. The second-order valence-corrected chi connectivity index (χ2v) is 5.23. The van der Waals surface area contributed by atoms with Crippen molar-refractivity contribution in [1.82, 2.24) is 0 Å². The molecule has 0 spiro atoms. The smallest absolute Gasteiger partial charge is 0.344 e. The van der Waals surface area contributed by atoms with E-state index in [-0.39, 0.29) is 6.42 Å².